The van der Waals surface area contributed by atoms with Crippen molar-refractivity contribution in [1.82, 2.24) is 15.3 Å². The number of aromatic nitrogens is 2. The van der Waals surface area contributed by atoms with E-state index < -0.39 is 10.0 Å². The van der Waals surface area contributed by atoms with Crippen LogP contribution < -0.4 is 15.8 Å². The van der Waals surface area contributed by atoms with Crippen LogP contribution in [0.3, 0.4) is 0 Å². The zero-order valence-corrected chi connectivity index (χ0v) is 16.2. The van der Waals surface area contributed by atoms with Gasteiger partial charge in [0.05, 0.1) is 10.6 Å². The third-order valence-corrected chi connectivity index (χ3v) is 5.82. The Hall–Kier alpha value is -3.46. The zero-order chi connectivity index (χ0) is 20.4. The SMILES string of the molecule is Nc1nccc(-c2ccc(S(=O)(=O)Nc3cccc(C(=O)NC4CC4)c3)cc2)n1. The van der Waals surface area contributed by atoms with Crippen LogP contribution in [0.1, 0.15) is 23.2 Å². The highest BCUT2D eigenvalue weighted by atomic mass is 32.2. The predicted molar refractivity (Wildman–Crippen MR) is 110 cm³/mol. The molecule has 1 aliphatic rings. The van der Waals surface area contributed by atoms with Gasteiger partial charge in [-0.15, -0.1) is 0 Å². The first-order valence-corrected chi connectivity index (χ1v) is 10.5. The summed E-state index contributed by atoms with van der Waals surface area (Å²) in [6.07, 6.45) is 3.50. The summed E-state index contributed by atoms with van der Waals surface area (Å²) in [5.41, 5.74) is 7.64. The molecule has 0 unspecified atom stereocenters. The minimum atomic E-state index is -3.81. The quantitative estimate of drug-likeness (QED) is 0.574. The molecule has 0 bridgehead atoms. The van der Waals surface area contributed by atoms with Gasteiger partial charge in [-0.2, -0.15) is 0 Å². The summed E-state index contributed by atoms with van der Waals surface area (Å²) in [5, 5.41) is 2.88. The average Bonchev–Trinajstić information content (AvgIpc) is 3.52. The molecule has 2 aromatic carbocycles. The number of carbonyl (C=O) groups excluding carboxylic acids is 1. The van der Waals surface area contributed by atoms with Crippen molar-refractivity contribution in [3.8, 4) is 11.3 Å². The van der Waals surface area contributed by atoms with Gasteiger partial charge in [0.1, 0.15) is 0 Å². The summed E-state index contributed by atoms with van der Waals surface area (Å²) < 4.78 is 27.9. The first-order valence-electron chi connectivity index (χ1n) is 9.03. The number of rotatable bonds is 6. The molecule has 3 aromatic rings. The number of carbonyl (C=O) groups is 1. The minimum absolute atomic E-state index is 0.0936. The maximum atomic E-state index is 12.7. The topological polar surface area (TPSA) is 127 Å². The minimum Gasteiger partial charge on any atom is -0.368 e. The molecule has 29 heavy (non-hydrogen) atoms. The molecule has 1 heterocycles. The molecule has 0 spiro atoms. The second kappa shape index (κ2) is 7.51. The van der Waals surface area contributed by atoms with Crippen LogP contribution in [-0.4, -0.2) is 30.3 Å². The van der Waals surface area contributed by atoms with Gasteiger partial charge in [0.15, 0.2) is 0 Å². The number of nitrogen functional groups attached to an aromatic ring is 1. The molecule has 0 atom stereocenters. The van der Waals surface area contributed by atoms with E-state index in [0.717, 1.165) is 18.4 Å². The van der Waals surface area contributed by atoms with Gasteiger partial charge >= 0.3 is 0 Å². The molecule has 8 nitrogen and oxygen atoms in total. The van der Waals surface area contributed by atoms with Crippen molar-refractivity contribution < 1.29 is 13.2 Å². The fourth-order valence-corrected chi connectivity index (χ4v) is 3.82. The number of hydrogen-bond acceptors (Lipinski definition) is 6. The van der Waals surface area contributed by atoms with Gasteiger partial charge in [0, 0.05) is 29.1 Å². The summed E-state index contributed by atoms with van der Waals surface area (Å²) >= 11 is 0. The fraction of sp³-hybridized carbons (Fsp3) is 0.150. The summed E-state index contributed by atoms with van der Waals surface area (Å²) in [6, 6.07) is 14.6. The number of nitrogens with zero attached hydrogens (tertiary/aromatic N) is 2. The third kappa shape index (κ3) is 4.52. The van der Waals surface area contributed by atoms with Crippen LogP contribution in [-0.2, 0) is 10.0 Å². The fourth-order valence-electron chi connectivity index (χ4n) is 2.77. The first-order chi connectivity index (χ1) is 13.9. The van der Waals surface area contributed by atoms with Crippen molar-refractivity contribution in [1.29, 1.82) is 0 Å². The molecule has 148 valence electrons. The van der Waals surface area contributed by atoms with Crippen LogP contribution in [0.15, 0.2) is 65.7 Å². The van der Waals surface area contributed by atoms with Crippen LogP contribution in [0.5, 0.6) is 0 Å². The highest BCUT2D eigenvalue weighted by Crippen LogP contribution is 2.23. The van der Waals surface area contributed by atoms with Crippen molar-refractivity contribution in [2.75, 3.05) is 10.5 Å². The second-order valence-electron chi connectivity index (χ2n) is 6.76. The normalized spacial score (nSPS) is 13.7. The van der Waals surface area contributed by atoms with E-state index in [0.29, 0.717) is 16.9 Å². The molecule has 4 rings (SSSR count). The standard InChI is InChI=1S/C20H19N5O3S/c21-20-22-11-10-18(24-20)13-4-8-17(9-5-13)29(27,28)25-16-3-1-2-14(12-16)19(26)23-15-6-7-15/h1-5,8-12,15,25H,6-7H2,(H,23,26)(H2,21,22,24). The van der Waals surface area contributed by atoms with Crippen molar-refractivity contribution in [3.63, 3.8) is 0 Å². The van der Waals surface area contributed by atoms with Crippen molar-refractivity contribution in [2.45, 2.75) is 23.8 Å². The number of nitrogens with one attached hydrogen (secondary N) is 2. The average molecular weight is 409 g/mol. The van der Waals surface area contributed by atoms with Gasteiger partial charge in [0.25, 0.3) is 15.9 Å². The largest absolute Gasteiger partial charge is 0.368 e. The molecule has 9 heteroatoms. The van der Waals surface area contributed by atoms with Crippen molar-refractivity contribution in [2.24, 2.45) is 0 Å². The van der Waals surface area contributed by atoms with E-state index in [1.165, 1.54) is 24.4 Å². The highest BCUT2D eigenvalue weighted by Gasteiger charge is 2.24. The second-order valence-corrected chi connectivity index (χ2v) is 8.44. The van der Waals surface area contributed by atoms with E-state index in [9.17, 15) is 13.2 Å². The van der Waals surface area contributed by atoms with Gasteiger partial charge in [0.2, 0.25) is 5.95 Å². The van der Waals surface area contributed by atoms with Gasteiger partial charge in [-0.05, 0) is 49.2 Å². The lowest BCUT2D eigenvalue weighted by Gasteiger charge is -2.10. The summed E-state index contributed by atoms with van der Waals surface area (Å²) in [4.78, 5) is 20.2. The third-order valence-electron chi connectivity index (χ3n) is 4.42. The van der Waals surface area contributed by atoms with Gasteiger partial charge in [-0.25, -0.2) is 18.4 Å². The first kappa shape index (κ1) is 18.9. The summed E-state index contributed by atoms with van der Waals surface area (Å²) in [7, 11) is -3.81. The van der Waals surface area contributed by atoms with Crippen LogP contribution in [0, 0.1) is 0 Å². The molecule has 1 fully saturated rings. The molecule has 1 aromatic heterocycles. The number of hydrogen-bond donors (Lipinski definition) is 3. The van der Waals surface area contributed by atoms with E-state index in [4.69, 9.17) is 5.73 Å². The Morgan fingerprint density at radius 1 is 1.07 bits per heavy atom. The van der Waals surface area contributed by atoms with E-state index in [1.807, 2.05) is 0 Å². The summed E-state index contributed by atoms with van der Waals surface area (Å²) in [5.74, 6) is -0.0616. The van der Waals surface area contributed by atoms with Crippen LogP contribution >= 0.6 is 0 Å². The van der Waals surface area contributed by atoms with Crippen LogP contribution in [0.4, 0.5) is 11.6 Å². The van der Waals surface area contributed by atoms with E-state index in [1.54, 1.807) is 36.4 Å². The van der Waals surface area contributed by atoms with Crippen molar-refractivity contribution >= 4 is 27.6 Å². The maximum Gasteiger partial charge on any atom is 0.261 e. The zero-order valence-electron chi connectivity index (χ0n) is 15.4. The monoisotopic (exact) mass is 409 g/mol. The van der Waals surface area contributed by atoms with E-state index in [2.05, 4.69) is 20.0 Å². The smallest absolute Gasteiger partial charge is 0.261 e. The molecule has 0 saturated heterocycles. The molecular weight excluding hydrogens is 390 g/mol. The van der Waals surface area contributed by atoms with Gasteiger partial charge < -0.3 is 11.1 Å². The summed E-state index contributed by atoms with van der Waals surface area (Å²) in [6.45, 7) is 0. The molecule has 1 aliphatic carbocycles. The Morgan fingerprint density at radius 2 is 1.83 bits per heavy atom. The van der Waals surface area contributed by atoms with Crippen LogP contribution in [0.25, 0.3) is 11.3 Å². The molecule has 0 aliphatic heterocycles. The molecule has 1 saturated carbocycles. The Labute approximate surface area is 168 Å². The predicted octanol–water partition coefficient (Wildman–Crippen LogP) is 2.42. The highest BCUT2D eigenvalue weighted by molar-refractivity contribution is 7.92. The Bertz CT molecular complexity index is 1160. The lowest BCUT2D eigenvalue weighted by atomic mass is 10.1. The number of amides is 1. The molecule has 4 N–H and O–H groups in total. The van der Waals surface area contributed by atoms with Gasteiger partial charge in [-0.3, -0.25) is 9.52 Å². The van der Waals surface area contributed by atoms with E-state index >= 15 is 0 Å². The number of benzene rings is 2. The maximum absolute atomic E-state index is 12.7. The van der Waals surface area contributed by atoms with Crippen molar-refractivity contribution in [3.05, 3.63) is 66.4 Å². The lowest BCUT2D eigenvalue weighted by molar-refractivity contribution is 0.0951. The number of nitrogens with two attached hydrogens (primary N) is 1. The van der Waals surface area contributed by atoms with E-state index in [-0.39, 0.29) is 22.8 Å². The number of sulfonamides is 1. The molecule has 1 amide bonds. The Kier molecular flexibility index (Phi) is 4.89. The molecule has 0 radical (unpaired) electrons. The Morgan fingerprint density at radius 3 is 2.52 bits per heavy atom. The van der Waals surface area contributed by atoms with Gasteiger partial charge in [-0.1, -0.05) is 18.2 Å². The lowest BCUT2D eigenvalue weighted by Crippen LogP contribution is -2.25. The number of anilines is 2. The van der Waals surface area contributed by atoms with Crippen LogP contribution in [0.2, 0.25) is 0 Å². The Balaban J connectivity index is 1.52. The molecular formula is C20H19N5O3S.